The molecule has 2 N–H and O–H groups in total. The maximum atomic E-state index is 12.3. The van der Waals surface area contributed by atoms with Gasteiger partial charge < -0.3 is 14.9 Å². The first kappa shape index (κ1) is 15.7. The van der Waals surface area contributed by atoms with Crippen LogP contribution in [0.5, 0.6) is 0 Å². The van der Waals surface area contributed by atoms with E-state index < -0.39 is 6.10 Å². The van der Waals surface area contributed by atoms with E-state index in [9.17, 15) is 9.90 Å². The van der Waals surface area contributed by atoms with E-state index in [2.05, 4.69) is 15.5 Å². The lowest BCUT2D eigenvalue weighted by atomic mass is 10.0. The number of aryl methyl sites for hydroxylation is 1. The molecule has 0 radical (unpaired) electrons. The maximum absolute atomic E-state index is 12.3. The van der Waals surface area contributed by atoms with Gasteiger partial charge in [0.2, 0.25) is 11.7 Å². The average Bonchev–Trinajstić information content (AvgIpc) is 3.24. The third-order valence-corrected chi connectivity index (χ3v) is 4.33. The van der Waals surface area contributed by atoms with Crippen molar-refractivity contribution in [3.05, 3.63) is 35.7 Å². The van der Waals surface area contributed by atoms with Gasteiger partial charge in [0, 0.05) is 24.6 Å². The van der Waals surface area contributed by atoms with Gasteiger partial charge in [-0.15, -0.1) is 0 Å². The van der Waals surface area contributed by atoms with Crippen molar-refractivity contribution < 1.29 is 14.4 Å². The molecule has 23 heavy (non-hydrogen) atoms. The second kappa shape index (κ2) is 6.91. The van der Waals surface area contributed by atoms with E-state index in [4.69, 9.17) is 4.52 Å². The fourth-order valence-electron chi connectivity index (χ4n) is 3.02. The van der Waals surface area contributed by atoms with Crippen molar-refractivity contribution in [2.45, 2.75) is 38.7 Å². The van der Waals surface area contributed by atoms with Crippen molar-refractivity contribution in [2.24, 2.45) is 5.92 Å². The van der Waals surface area contributed by atoms with Crippen molar-refractivity contribution in [1.82, 2.24) is 15.5 Å². The van der Waals surface area contributed by atoms with Gasteiger partial charge in [-0.2, -0.15) is 4.98 Å². The SMILES string of the molecule is Cc1nc(-c2cccc(C(=O)NCC(O)C3CCCC3)c2)no1. The second-order valence-electron chi connectivity index (χ2n) is 6.04. The summed E-state index contributed by atoms with van der Waals surface area (Å²) in [5.41, 5.74) is 1.24. The van der Waals surface area contributed by atoms with Crippen LogP contribution in [0.3, 0.4) is 0 Å². The highest BCUT2D eigenvalue weighted by Gasteiger charge is 2.23. The number of nitrogens with zero attached hydrogens (tertiary/aromatic N) is 2. The Bertz CT molecular complexity index is 677. The zero-order valence-corrected chi connectivity index (χ0v) is 13.2. The fraction of sp³-hybridized carbons (Fsp3) is 0.471. The third-order valence-electron chi connectivity index (χ3n) is 4.33. The molecule has 0 saturated heterocycles. The van der Waals surface area contributed by atoms with Crippen LogP contribution in [-0.2, 0) is 0 Å². The van der Waals surface area contributed by atoms with E-state index in [0.717, 1.165) is 18.4 Å². The monoisotopic (exact) mass is 315 g/mol. The number of carbonyl (C=O) groups is 1. The Morgan fingerprint density at radius 3 is 2.91 bits per heavy atom. The van der Waals surface area contributed by atoms with Crippen LogP contribution in [0, 0.1) is 12.8 Å². The summed E-state index contributed by atoms with van der Waals surface area (Å²) >= 11 is 0. The lowest BCUT2D eigenvalue weighted by Gasteiger charge is -2.18. The standard InChI is InChI=1S/C17H21N3O3/c1-11-19-16(20-23-11)13-7-4-8-14(9-13)17(22)18-10-15(21)12-5-2-3-6-12/h4,7-9,12,15,21H,2-3,5-6,10H2,1H3,(H,18,22). The molecule has 0 aliphatic heterocycles. The largest absolute Gasteiger partial charge is 0.391 e. The molecule has 0 spiro atoms. The molecule has 2 aromatic rings. The van der Waals surface area contributed by atoms with Gasteiger partial charge in [0.05, 0.1) is 6.10 Å². The Balaban J connectivity index is 1.63. The highest BCUT2D eigenvalue weighted by atomic mass is 16.5. The zero-order valence-electron chi connectivity index (χ0n) is 13.2. The van der Waals surface area contributed by atoms with E-state index in [1.165, 1.54) is 12.8 Å². The summed E-state index contributed by atoms with van der Waals surface area (Å²) in [5, 5.41) is 16.8. The number of rotatable bonds is 5. The number of hydrogen-bond acceptors (Lipinski definition) is 5. The number of hydrogen-bond donors (Lipinski definition) is 2. The first-order valence-electron chi connectivity index (χ1n) is 8.00. The van der Waals surface area contributed by atoms with E-state index in [1.54, 1.807) is 25.1 Å². The second-order valence-corrected chi connectivity index (χ2v) is 6.04. The van der Waals surface area contributed by atoms with Crippen molar-refractivity contribution in [3.8, 4) is 11.4 Å². The number of carbonyl (C=O) groups excluding carboxylic acids is 1. The minimum atomic E-state index is -0.468. The van der Waals surface area contributed by atoms with Gasteiger partial charge in [0.1, 0.15) is 0 Å². The van der Waals surface area contributed by atoms with Crippen LogP contribution in [0.1, 0.15) is 41.9 Å². The van der Waals surface area contributed by atoms with Crippen molar-refractivity contribution >= 4 is 5.91 Å². The van der Waals surface area contributed by atoms with Gasteiger partial charge >= 0.3 is 0 Å². The quantitative estimate of drug-likeness (QED) is 0.884. The summed E-state index contributed by atoms with van der Waals surface area (Å²) in [4.78, 5) is 16.4. The molecule has 1 atom stereocenters. The molecule has 1 saturated carbocycles. The van der Waals surface area contributed by atoms with Gasteiger partial charge in [-0.1, -0.05) is 30.1 Å². The Morgan fingerprint density at radius 1 is 1.43 bits per heavy atom. The van der Waals surface area contributed by atoms with E-state index >= 15 is 0 Å². The molecule has 1 fully saturated rings. The topological polar surface area (TPSA) is 88.2 Å². The molecule has 1 aliphatic rings. The molecular formula is C17H21N3O3. The number of benzene rings is 1. The number of aliphatic hydroxyl groups excluding tert-OH is 1. The Labute approximate surface area is 134 Å². The number of aliphatic hydroxyl groups is 1. The van der Waals surface area contributed by atoms with E-state index in [0.29, 0.717) is 23.2 Å². The molecule has 1 aromatic heterocycles. The van der Waals surface area contributed by atoms with Gasteiger partial charge in [0.25, 0.3) is 5.91 Å². The summed E-state index contributed by atoms with van der Waals surface area (Å²) in [6.45, 7) is 2.01. The maximum Gasteiger partial charge on any atom is 0.251 e. The van der Waals surface area contributed by atoms with Crippen molar-refractivity contribution in [1.29, 1.82) is 0 Å². The van der Waals surface area contributed by atoms with Crippen LogP contribution in [0.4, 0.5) is 0 Å². The van der Waals surface area contributed by atoms with Crippen molar-refractivity contribution in [3.63, 3.8) is 0 Å². The molecular weight excluding hydrogens is 294 g/mol. The van der Waals surface area contributed by atoms with E-state index in [-0.39, 0.29) is 12.5 Å². The first-order valence-corrected chi connectivity index (χ1v) is 8.00. The molecule has 0 bridgehead atoms. The smallest absolute Gasteiger partial charge is 0.251 e. The first-order chi connectivity index (χ1) is 11.1. The summed E-state index contributed by atoms with van der Waals surface area (Å²) in [6, 6.07) is 7.06. The Hall–Kier alpha value is -2.21. The molecule has 1 amide bonds. The highest BCUT2D eigenvalue weighted by Crippen LogP contribution is 2.27. The minimum Gasteiger partial charge on any atom is -0.391 e. The summed E-state index contributed by atoms with van der Waals surface area (Å²) < 4.78 is 4.96. The molecule has 122 valence electrons. The van der Waals surface area contributed by atoms with Gasteiger partial charge in [-0.3, -0.25) is 4.79 Å². The van der Waals surface area contributed by atoms with Crippen LogP contribution < -0.4 is 5.32 Å². The predicted octanol–water partition coefficient (Wildman–Crippen LogP) is 2.33. The van der Waals surface area contributed by atoms with Crippen LogP contribution in [0.25, 0.3) is 11.4 Å². The third kappa shape index (κ3) is 3.76. The normalized spacial score (nSPS) is 16.4. The van der Waals surface area contributed by atoms with Crippen LogP contribution >= 0.6 is 0 Å². The predicted molar refractivity (Wildman–Crippen MR) is 84.8 cm³/mol. The van der Waals surface area contributed by atoms with E-state index in [1.807, 2.05) is 6.07 Å². The number of amides is 1. The number of aromatic nitrogens is 2. The summed E-state index contributed by atoms with van der Waals surface area (Å²) in [7, 11) is 0. The molecule has 1 aliphatic carbocycles. The van der Waals surface area contributed by atoms with Gasteiger partial charge in [-0.05, 0) is 30.9 Å². The Kier molecular flexibility index (Phi) is 4.71. The molecule has 3 rings (SSSR count). The van der Waals surface area contributed by atoms with Gasteiger partial charge in [-0.25, -0.2) is 0 Å². The molecule has 6 nitrogen and oxygen atoms in total. The highest BCUT2D eigenvalue weighted by molar-refractivity contribution is 5.95. The van der Waals surface area contributed by atoms with Crippen molar-refractivity contribution in [2.75, 3.05) is 6.54 Å². The molecule has 1 aromatic carbocycles. The lowest BCUT2D eigenvalue weighted by Crippen LogP contribution is -2.35. The molecule has 1 unspecified atom stereocenters. The summed E-state index contributed by atoms with van der Waals surface area (Å²) in [6.07, 6.45) is 3.96. The summed E-state index contributed by atoms with van der Waals surface area (Å²) in [5.74, 6) is 1.05. The molecule has 1 heterocycles. The number of nitrogens with one attached hydrogen (secondary N) is 1. The zero-order chi connectivity index (χ0) is 16.2. The minimum absolute atomic E-state index is 0.205. The molecule has 6 heteroatoms. The lowest BCUT2D eigenvalue weighted by molar-refractivity contribution is 0.0840. The van der Waals surface area contributed by atoms with Crippen LogP contribution in [-0.4, -0.2) is 33.8 Å². The fourth-order valence-corrected chi connectivity index (χ4v) is 3.02. The van der Waals surface area contributed by atoms with Crippen LogP contribution in [0.15, 0.2) is 28.8 Å². The average molecular weight is 315 g/mol. The van der Waals surface area contributed by atoms with Crippen LogP contribution in [0.2, 0.25) is 0 Å². The Morgan fingerprint density at radius 2 is 2.22 bits per heavy atom. The van der Waals surface area contributed by atoms with Gasteiger partial charge in [0.15, 0.2) is 0 Å².